The van der Waals surface area contributed by atoms with E-state index in [0.29, 0.717) is 28.9 Å². The van der Waals surface area contributed by atoms with Gasteiger partial charge in [0.05, 0.1) is 25.7 Å². The molecule has 0 saturated heterocycles. The molecule has 1 aromatic carbocycles. The number of carbonyl (C=O) groups is 1. The van der Waals surface area contributed by atoms with Crippen LogP contribution >= 0.6 is 11.8 Å². The van der Waals surface area contributed by atoms with Crippen molar-refractivity contribution in [2.24, 2.45) is 11.8 Å². The van der Waals surface area contributed by atoms with E-state index in [1.165, 1.54) is 20.6 Å². The van der Waals surface area contributed by atoms with Crippen LogP contribution in [0.25, 0.3) is 11.3 Å². The molecule has 0 unspecified atom stereocenters. The Kier molecular flexibility index (Phi) is 6.50. The van der Waals surface area contributed by atoms with E-state index in [1.807, 2.05) is 0 Å². The number of hydrogen-bond donors (Lipinski definition) is 1. The van der Waals surface area contributed by atoms with Crippen molar-refractivity contribution >= 4 is 17.7 Å². The van der Waals surface area contributed by atoms with Crippen LogP contribution in [0.2, 0.25) is 0 Å². The van der Waals surface area contributed by atoms with Gasteiger partial charge >= 0.3 is 6.18 Å². The first-order valence-electron chi connectivity index (χ1n) is 10.4. The molecule has 2 aliphatic carbocycles. The molecule has 1 amide bonds. The normalized spacial score (nSPS) is 22.1. The fourth-order valence-corrected chi connectivity index (χ4v) is 5.25. The van der Waals surface area contributed by atoms with E-state index in [4.69, 9.17) is 9.47 Å². The van der Waals surface area contributed by atoms with Gasteiger partial charge in [0.2, 0.25) is 5.91 Å². The van der Waals surface area contributed by atoms with Crippen molar-refractivity contribution in [2.45, 2.75) is 43.1 Å². The zero-order valence-electron chi connectivity index (χ0n) is 17.7. The zero-order valence-corrected chi connectivity index (χ0v) is 18.6. The van der Waals surface area contributed by atoms with Gasteiger partial charge in [-0.25, -0.2) is 9.97 Å². The van der Waals surface area contributed by atoms with Crippen LogP contribution in [0.3, 0.4) is 0 Å². The first kappa shape index (κ1) is 22.7. The van der Waals surface area contributed by atoms with Gasteiger partial charge in [0.25, 0.3) is 0 Å². The maximum absolute atomic E-state index is 13.5. The minimum atomic E-state index is -4.64. The topological polar surface area (TPSA) is 73.3 Å². The fraction of sp³-hybridized carbons (Fsp3) is 0.500. The third-order valence-corrected chi connectivity index (χ3v) is 6.94. The molecule has 0 aliphatic heterocycles. The van der Waals surface area contributed by atoms with Crippen molar-refractivity contribution in [3.05, 3.63) is 30.0 Å². The van der Waals surface area contributed by atoms with Crippen LogP contribution in [-0.2, 0) is 11.0 Å². The van der Waals surface area contributed by atoms with Crippen molar-refractivity contribution in [3.8, 4) is 22.8 Å². The zero-order chi connectivity index (χ0) is 22.9. The number of fused-ring (bicyclic) bond motifs is 2. The number of alkyl halides is 3. The predicted molar refractivity (Wildman–Crippen MR) is 114 cm³/mol. The summed E-state index contributed by atoms with van der Waals surface area (Å²) in [5, 5.41) is 2.93. The summed E-state index contributed by atoms with van der Waals surface area (Å²) in [5.41, 5.74) is -0.554. The van der Waals surface area contributed by atoms with Crippen molar-refractivity contribution in [1.82, 2.24) is 15.3 Å². The van der Waals surface area contributed by atoms with Crippen molar-refractivity contribution < 1.29 is 27.4 Å². The molecule has 2 saturated carbocycles. The summed E-state index contributed by atoms with van der Waals surface area (Å²) in [5.74, 6) is 1.79. The van der Waals surface area contributed by atoms with Crippen LogP contribution in [-0.4, -0.2) is 41.9 Å². The number of rotatable bonds is 7. The lowest BCUT2D eigenvalue weighted by molar-refractivity contribution is -0.141. The highest BCUT2D eigenvalue weighted by Crippen LogP contribution is 2.44. The minimum absolute atomic E-state index is 0.0411. The highest BCUT2D eigenvalue weighted by molar-refractivity contribution is 7.99. The third kappa shape index (κ3) is 4.95. The molecule has 10 heteroatoms. The second-order valence-corrected chi connectivity index (χ2v) is 9.07. The molecule has 1 aromatic heterocycles. The number of methoxy groups -OCH3 is 2. The largest absolute Gasteiger partial charge is 0.493 e. The Morgan fingerprint density at radius 1 is 1.12 bits per heavy atom. The van der Waals surface area contributed by atoms with Gasteiger partial charge in [-0.2, -0.15) is 13.2 Å². The summed E-state index contributed by atoms with van der Waals surface area (Å²) < 4.78 is 50.8. The first-order valence-corrected chi connectivity index (χ1v) is 11.4. The Labute approximate surface area is 188 Å². The molecule has 6 nitrogen and oxygen atoms in total. The summed E-state index contributed by atoms with van der Waals surface area (Å²) in [4.78, 5) is 20.3. The lowest BCUT2D eigenvalue weighted by atomic mass is 9.95. The molecule has 2 aromatic rings. The Morgan fingerprint density at radius 2 is 1.91 bits per heavy atom. The molecule has 2 fully saturated rings. The van der Waals surface area contributed by atoms with Gasteiger partial charge in [-0.15, -0.1) is 0 Å². The number of benzene rings is 1. The van der Waals surface area contributed by atoms with E-state index in [-0.39, 0.29) is 28.6 Å². The molecule has 0 radical (unpaired) electrons. The molecule has 172 valence electrons. The molecule has 3 atom stereocenters. The van der Waals surface area contributed by atoms with Crippen molar-refractivity contribution in [3.63, 3.8) is 0 Å². The number of nitrogens with one attached hydrogen (secondary N) is 1. The van der Waals surface area contributed by atoms with Crippen LogP contribution in [0, 0.1) is 11.8 Å². The number of amides is 1. The standard InChI is InChI=1S/C22H24F3N3O3S/c1-30-17-6-5-14(9-18(17)31-2)16-10-19(22(23,24)25)28-21(27-16)32-11-20(29)26-15-8-12-3-4-13(15)7-12/h5-6,9-10,12-13,15H,3-4,7-8,11H2,1-2H3,(H,26,29)/t12-,13-,15+/m0/s1. The number of thioether (sulfide) groups is 1. The summed E-state index contributed by atoms with van der Waals surface area (Å²) >= 11 is 0.898. The minimum Gasteiger partial charge on any atom is -0.493 e. The summed E-state index contributed by atoms with van der Waals surface area (Å²) in [6.07, 6.45) is -0.139. The van der Waals surface area contributed by atoms with Gasteiger partial charge in [-0.3, -0.25) is 4.79 Å². The SMILES string of the molecule is COc1ccc(-c2cc(C(F)(F)F)nc(SCC(=O)N[C@@H]3C[C@H]4CC[C@H]3C4)n2)cc1OC. The monoisotopic (exact) mass is 467 g/mol. The lowest BCUT2D eigenvalue weighted by Gasteiger charge is -2.22. The maximum atomic E-state index is 13.5. The predicted octanol–water partition coefficient (Wildman–Crippen LogP) is 4.58. The van der Waals surface area contributed by atoms with Gasteiger partial charge in [-0.05, 0) is 55.4 Å². The number of halogens is 3. The second-order valence-electron chi connectivity index (χ2n) is 8.13. The molecule has 1 N–H and O–H groups in total. The number of nitrogens with zero attached hydrogens (tertiary/aromatic N) is 2. The van der Waals surface area contributed by atoms with Gasteiger partial charge < -0.3 is 14.8 Å². The molecular weight excluding hydrogens is 443 g/mol. The Balaban J connectivity index is 1.52. The van der Waals surface area contributed by atoms with Gasteiger partial charge in [0.15, 0.2) is 16.7 Å². The van der Waals surface area contributed by atoms with Crippen molar-refractivity contribution in [1.29, 1.82) is 0 Å². The van der Waals surface area contributed by atoms with E-state index >= 15 is 0 Å². The van der Waals surface area contributed by atoms with Crippen molar-refractivity contribution in [2.75, 3.05) is 20.0 Å². The highest BCUT2D eigenvalue weighted by atomic mass is 32.2. The van der Waals surface area contributed by atoms with Gasteiger partial charge in [0.1, 0.15) is 5.69 Å². The highest BCUT2D eigenvalue weighted by Gasteiger charge is 2.40. The average Bonchev–Trinajstić information content (AvgIpc) is 3.39. The van der Waals surface area contributed by atoms with Crippen LogP contribution in [0.1, 0.15) is 31.4 Å². The molecule has 4 rings (SSSR count). The third-order valence-electron chi connectivity index (χ3n) is 6.09. The molecular formula is C22H24F3N3O3S. The summed E-state index contributed by atoms with van der Waals surface area (Å²) in [6.45, 7) is 0. The van der Waals surface area contributed by atoms with Gasteiger partial charge in [-0.1, -0.05) is 18.2 Å². The Morgan fingerprint density at radius 3 is 2.53 bits per heavy atom. The maximum Gasteiger partial charge on any atom is 0.433 e. The average molecular weight is 468 g/mol. The Bertz CT molecular complexity index is 1000. The van der Waals surface area contributed by atoms with Crippen LogP contribution in [0.15, 0.2) is 29.4 Å². The molecule has 2 bridgehead atoms. The lowest BCUT2D eigenvalue weighted by Crippen LogP contribution is -2.39. The van der Waals surface area contributed by atoms with E-state index in [0.717, 1.165) is 37.1 Å². The molecule has 2 aliphatic rings. The smallest absolute Gasteiger partial charge is 0.433 e. The number of ether oxygens (including phenoxy) is 2. The quantitative estimate of drug-likeness (QED) is 0.475. The second kappa shape index (κ2) is 9.17. The number of hydrogen-bond acceptors (Lipinski definition) is 6. The van der Waals surface area contributed by atoms with E-state index in [1.54, 1.807) is 18.2 Å². The molecule has 32 heavy (non-hydrogen) atoms. The van der Waals surface area contributed by atoms with E-state index in [2.05, 4.69) is 15.3 Å². The Hall–Kier alpha value is -2.49. The number of aromatic nitrogens is 2. The summed E-state index contributed by atoms with van der Waals surface area (Å²) in [6, 6.07) is 5.81. The van der Waals surface area contributed by atoms with Gasteiger partial charge in [0, 0.05) is 11.6 Å². The van der Waals surface area contributed by atoms with Crippen LogP contribution < -0.4 is 14.8 Å². The molecule has 1 heterocycles. The fourth-order valence-electron chi connectivity index (χ4n) is 4.58. The first-order chi connectivity index (χ1) is 15.3. The van der Waals surface area contributed by atoms with E-state index in [9.17, 15) is 18.0 Å². The van der Waals surface area contributed by atoms with E-state index < -0.39 is 11.9 Å². The van der Waals surface area contributed by atoms with Crippen LogP contribution in [0.5, 0.6) is 11.5 Å². The summed E-state index contributed by atoms with van der Waals surface area (Å²) in [7, 11) is 2.92. The van der Waals surface area contributed by atoms with Crippen LogP contribution in [0.4, 0.5) is 13.2 Å². The molecule has 0 spiro atoms. The number of carbonyl (C=O) groups excluding carboxylic acids is 1.